The summed E-state index contributed by atoms with van der Waals surface area (Å²) in [6.45, 7) is 1.95. The molecular weight excluding hydrogens is 326 g/mol. The number of nitrogens with zero attached hydrogens (tertiary/aromatic N) is 2. The fourth-order valence-corrected chi connectivity index (χ4v) is 6.50. The van der Waals surface area contributed by atoms with Gasteiger partial charge in [0, 0.05) is 31.7 Å². The molecule has 0 aromatic heterocycles. The summed E-state index contributed by atoms with van der Waals surface area (Å²) in [5.74, 6) is 2.37. The zero-order chi connectivity index (χ0) is 16.9. The van der Waals surface area contributed by atoms with Gasteiger partial charge in [-0.1, -0.05) is 0 Å². The van der Waals surface area contributed by atoms with E-state index in [1.54, 1.807) is 0 Å². The zero-order valence-electron chi connectivity index (χ0n) is 14.5. The van der Waals surface area contributed by atoms with E-state index in [1.807, 2.05) is 0 Å². The number of piperidine rings is 1. The molecule has 0 radical (unpaired) electrons. The fourth-order valence-electron chi connectivity index (χ4n) is 5.62. The summed E-state index contributed by atoms with van der Waals surface area (Å²) in [7, 11) is -3.11. The number of carbonyl (C=O) groups excluding carboxylic acids is 1. The van der Waals surface area contributed by atoms with Crippen LogP contribution >= 0.6 is 0 Å². The van der Waals surface area contributed by atoms with Crippen molar-refractivity contribution in [3.8, 4) is 0 Å². The molecule has 5 fully saturated rings. The maximum Gasteiger partial charge on any atom is 0.317 e. The number of nitrogens with one attached hydrogen (secondary N) is 1. The average Bonchev–Trinajstić information content (AvgIpc) is 2.70. The summed E-state index contributed by atoms with van der Waals surface area (Å²) >= 11 is 0. The van der Waals surface area contributed by atoms with E-state index in [-0.39, 0.29) is 12.1 Å². The van der Waals surface area contributed by atoms with E-state index in [0.29, 0.717) is 37.9 Å². The van der Waals surface area contributed by atoms with Crippen LogP contribution in [0.15, 0.2) is 0 Å². The summed E-state index contributed by atoms with van der Waals surface area (Å²) in [6, 6.07) is 0.622. The van der Waals surface area contributed by atoms with E-state index in [2.05, 4.69) is 10.2 Å². The topological polar surface area (TPSA) is 69.7 Å². The van der Waals surface area contributed by atoms with Crippen LogP contribution in [0, 0.1) is 17.8 Å². The van der Waals surface area contributed by atoms with Crippen LogP contribution in [0.1, 0.15) is 44.9 Å². The van der Waals surface area contributed by atoms with Gasteiger partial charge in [-0.15, -0.1) is 0 Å². The van der Waals surface area contributed by atoms with Gasteiger partial charge in [0.15, 0.2) is 0 Å². The molecule has 5 aliphatic rings. The number of carbonyl (C=O) groups is 1. The molecule has 0 aromatic carbocycles. The van der Waals surface area contributed by atoms with Gasteiger partial charge in [0.05, 0.1) is 6.26 Å². The van der Waals surface area contributed by atoms with E-state index >= 15 is 0 Å². The predicted molar refractivity (Wildman–Crippen MR) is 92.0 cm³/mol. The van der Waals surface area contributed by atoms with Crippen molar-refractivity contribution in [1.82, 2.24) is 14.5 Å². The molecule has 5 rings (SSSR count). The minimum Gasteiger partial charge on any atom is -0.335 e. The molecule has 24 heavy (non-hydrogen) atoms. The standard InChI is InChI=1S/C17H29N3O3S/c1-24(22,23)19-4-2-15(3-5-19)18-17(21)20-11-14-7-12-6-13(8-14)10-16(20)9-12/h12-16H,2-11H2,1H3,(H,18,21). The monoisotopic (exact) mass is 355 g/mol. The lowest BCUT2D eigenvalue weighted by Crippen LogP contribution is -2.53. The minimum atomic E-state index is -3.11. The Kier molecular flexibility index (Phi) is 4.27. The first-order valence-electron chi connectivity index (χ1n) is 9.40. The number of fused-ring (bicyclic) bond motifs is 1. The van der Waals surface area contributed by atoms with Gasteiger partial charge in [0.1, 0.15) is 0 Å². The third-order valence-electron chi connectivity index (χ3n) is 6.62. The number of urea groups is 1. The lowest BCUT2D eigenvalue weighted by atomic mass is 9.68. The van der Waals surface area contributed by atoms with Gasteiger partial charge in [-0.2, -0.15) is 0 Å². The molecule has 0 spiro atoms. The maximum atomic E-state index is 12.8. The van der Waals surface area contributed by atoms with Crippen molar-refractivity contribution >= 4 is 16.1 Å². The van der Waals surface area contributed by atoms with Crippen LogP contribution in [0.4, 0.5) is 4.79 Å². The number of amides is 2. The second-order valence-electron chi connectivity index (χ2n) is 8.47. The Morgan fingerprint density at radius 2 is 1.54 bits per heavy atom. The normalized spacial score (nSPS) is 37.5. The smallest absolute Gasteiger partial charge is 0.317 e. The zero-order valence-corrected chi connectivity index (χ0v) is 15.3. The second-order valence-corrected chi connectivity index (χ2v) is 10.5. The summed E-state index contributed by atoms with van der Waals surface area (Å²) < 4.78 is 24.7. The molecule has 136 valence electrons. The molecule has 6 nitrogen and oxygen atoms in total. The van der Waals surface area contributed by atoms with E-state index in [0.717, 1.165) is 18.4 Å². The van der Waals surface area contributed by atoms with Gasteiger partial charge in [-0.3, -0.25) is 0 Å². The molecule has 2 atom stereocenters. The Bertz CT molecular complexity index is 586. The minimum absolute atomic E-state index is 0.0889. The third kappa shape index (κ3) is 3.29. The molecule has 0 aromatic rings. The van der Waals surface area contributed by atoms with Crippen molar-refractivity contribution in [1.29, 1.82) is 0 Å². The number of sulfonamides is 1. The molecule has 4 bridgehead atoms. The summed E-state index contributed by atoms with van der Waals surface area (Å²) in [5.41, 5.74) is 0. The van der Waals surface area contributed by atoms with E-state index < -0.39 is 10.0 Å². The van der Waals surface area contributed by atoms with Crippen molar-refractivity contribution in [3.63, 3.8) is 0 Å². The van der Waals surface area contributed by atoms with Crippen molar-refractivity contribution in [3.05, 3.63) is 0 Å². The quantitative estimate of drug-likeness (QED) is 0.818. The average molecular weight is 356 g/mol. The summed E-state index contributed by atoms with van der Waals surface area (Å²) in [6.07, 6.45) is 9.06. The molecule has 3 heterocycles. The van der Waals surface area contributed by atoms with Gasteiger partial charge in [-0.05, 0) is 62.7 Å². The lowest BCUT2D eigenvalue weighted by Gasteiger charge is -2.39. The Morgan fingerprint density at radius 1 is 0.958 bits per heavy atom. The first-order valence-corrected chi connectivity index (χ1v) is 11.3. The molecule has 2 amide bonds. The highest BCUT2D eigenvalue weighted by atomic mass is 32.2. The molecule has 3 aliphatic heterocycles. The Labute approximate surface area is 145 Å². The fraction of sp³-hybridized carbons (Fsp3) is 0.941. The maximum absolute atomic E-state index is 12.8. The van der Waals surface area contributed by atoms with Crippen molar-refractivity contribution in [2.45, 2.75) is 57.0 Å². The van der Waals surface area contributed by atoms with Crippen LogP contribution in [-0.4, -0.2) is 61.6 Å². The van der Waals surface area contributed by atoms with Gasteiger partial charge in [0.25, 0.3) is 0 Å². The van der Waals surface area contributed by atoms with Crippen LogP contribution in [0.3, 0.4) is 0 Å². The Hall–Kier alpha value is -0.820. The van der Waals surface area contributed by atoms with E-state index in [4.69, 9.17) is 0 Å². The molecule has 1 N–H and O–H groups in total. The van der Waals surface area contributed by atoms with Gasteiger partial charge < -0.3 is 10.2 Å². The Morgan fingerprint density at radius 3 is 2.12 bits per heavy atom. The van der Waals surface area contributed by atoms with Crippen LogP contribution in [0.5, 0.6) is 0 Å². The van der Waals surface area contributed by atoms with E-state index in [1.165, 1.54) is 42.7 Å². The lowest BCUT2D eigenvalue weighted by molar-refractivity contribution is 0.129. The second kappa shape index (κ2) is 6.16. The third-order valence-corrected chi connectivity index (χ3v) is 7.92. The number of hydrogen-bond acceptors (Lipinski definition) is 3. The molecule has 2 saturated carbocycles. The highest BCUT2D eigenvalue weighted by Crippen LogP contribution is 2.47. The van der Waals surface area contributed by atoms with Crippen LogP contribution < -0.4 is 5.32 Å². The van der Waals surface area contributed by atoms with Crippen molar-refractivity contribution in [2.24, 2.45) is 17.8 Å². The van der Waals surface area contributed by atoms with Crippen LogP contribution in [0.25, 0.3) is 0 Å². The first-order chi connectivity index (χ1) is 11.4. The summed E-state index contributed by atoms with van der Waals surface area (Å²) in [5, 5.41) is 3.20. The molecule has 2 unspecified atom stereocenters. The van der Waals surface area contributed by atoms with Crippen LogP contribution in [-0.2, 0) is 10.0 Å². The van der Waals surface area contributed by atoms with Crippen LogP contribution in [0.2, 0.25) is 0 Å². The Balaban J connectivity index is 1.35. The van der Waals surface area contributed by atoms with E-state index in [9.17, 15) is 13.2 Å². The number of rotatable bonds is 2. The molecule has 7 heteroatoms. The summed E-state index contributed by atoms with van der Waals surface area (Å²) in [4.78, 5) is 15.0. The van der Waals surface area contributed by atoms with Gasteiger partial charge in [0.2, 0.25) is 10.0 Å². The highest BCUT2D eigenvalue weighted by Gasteiger charge is 2.44. The van der Waals surface area contributed by atoms with Crippen molar-refractivity contribution < 1.29 is 13.2 Å². The largest absolute Gasteiger partial charge is 0.335 e. The number of hydrogen-bond donors (Lipinski definition) is 1. The molecule has 3 saturated heterocycles. The molecule has 2 aliphatic carbocycles. The van der Waals surface area contributed by atoms with Crippen molar-refractivity contribution in [2.75, 3.05) is 25.9 Å². The SMILES string of the molecule is CS(=O)(=O)N1CCC(NC(=O)N2CC3CC4CC(C3)CC2C4)CC1. The first kappa shape index (κ1) is 16.6. The van der Waals surface area contributed by atoms with Gasteiger partial charge in [-0.25, -0.2) is 17.5 Å². The highest BCUT2D eigenvalue weighted by molar-refractivity contribution is 7.88. The molecular formula is C17H29N3O3S. The van der Waals surface area contributed by atoms with Gasteiger partial charge >= 0.3 is 6.03 Å². The predicted octanol–water partition coefficient (Wildman–Crippen LogP) is 1.63.